The van der Waals surface area contributed by atoms with Crippen LogP contribution in [0.3, 0.4) is 0 Å². The molecule has 0 saturated heterocycles. The third-order valence-electron chi connectivity index (χ3n) is 1.90. The number of hydrogen-bond donors (Lipinski definition) is 2. The molecule has 0 fully saturated rings. The molecule has 0 radical (unpaired) electrons. The van der Waals surface area contributed by atoms with E-state index in [9.17, 15) is 0 Å². The maximum atomic E-state index is 9.12. The molecule has 2 rings (SSSR count). The van der Waals surface area contributed by atoms with E-state index in [2.05, 4.69) is 10.2 Å². The lowest BCUT2D eigenvalue weighted by atomic mass is 10.2. The summed E-state index contributed by atoms with van der Waals surface area (Å²) in [7, 11) is 2.01. The second-order valence-electron chi connectivity index (χ2n) is 2.73. The highest BCUT2D eigenvalue weighted by atomic mass is 16.3. The minimum atomic E-state index is 0.312. The molecule has 1 aromatic rings. The van der Waals surface area contributed by atoms with Crippen LogP contribution in [0.4, 0.5) is 11.4 Å². The molecule has 1 heterocycles. The van der Waals surface area contributed by atoms with Gasteiger partial charge in [0, 0.05) is 13.1 Å². The molecule has 1 aliphatic rings. The maximum absolute atomic E-state index is 9.12. The molecular weight excluding hydrogens is 140 g/mol. The topological polar surface area (TPSA) is 35.5 Å². The van der Waals surface area contributed by atoms with Gasteiger partial charge in [-0.3, -0.25) is 0 Å². The Labute approximate surface area is 65.3 Å². The second kappa shape index (κ2) is 2.05. The largest absolute Gasteiger partial charge is 0.508 e. The predicted octanol–water partition coefficient (Wildman–Crippen LogP) is 1.21. The van der Waals surface area contributed by atoms with E-state index >= 15 is 0 Å². The standard InChI is InChI=1S/C8H10N2O/c1-10-5-9-7-4-6(11)2-3-8(7)10/h2-4,9,11H,5H2,1H3. The van der Waals surface area contributed by atoms with Crippen molar-refractivity contribution >= 4 is 11.4 Å². The molecule has 1 aliphatic heterocycles. The maximum Gasteiger partial charge on any atom is 0.117 e. The van der Waals surface area contributed by atoms with Gasteiger partial charge in [-0.25, -0.2) is 0 Å². The van der Waals surface area contributed by atoms with Gasteiger partial charge in [0.25, 0.3) is 0 Å². The Morgan fingerprint density at radius 3 is 3.18 bits per heavy atom. The number of phenolic OH excluding ortho intramolecular Hbond substituents is 1. The minimum absolute atomic E-state index is 0.312. The number of nitrogens with zero attached hydrogens (tertiary/aromatic N) is 1. The summed E-state index contributed by atoms with van der Waals surface area (Å²) in [6.45, 7) is 0.818. The zero-order chi connectivity index (χ0) is 7.84. The van der Waals surface area contributed by atoms with Crippen LogP contribution >= 0.6 is 0 Å². The molecule has 11 heavy (non-hydrogen) atoms. The number of rotatable bonds is 0. The highest BCUT2D eigenvalue weighted by molar-refractivity contribution is 5.75. The fraction of sp³-hybridized carbons (Fsp3) is 0.250. The Morgan fingerprint density at radius 2 is 2.36 bits per heavy atom. The molecule has 0 bridgehead atoms. The van der Waals surface area contributed by atoms with E-state index in [1.165, 1.54) is 0 Å². The van der Waals surface area contributed by atoms with Crippen molar-refractivity contribution in [1.29, 1.82) is 0 Å². The van der Waals surface area contributed by atoms with Crippen LogP contribution < -0.4 is 10.2 Å². The molecule has 58 valence electrons. The van der Waals surface area contributed by atoms with Crippen molar-refractivity contribution in [3.8, 4) is 5.75 Å². The van der Waals surface area contributed by atoms with E-state index in [0.717, 1.165) is 18.0 Å². The zero-order valence-electron chi connectivity index (χ0n) is 6.33. The molecule has 0 unspecified atom stereocenters. The van der Waals surface area contributed by atoms with Gasteiger partial charge in [0.15, 0.2) is 0 Å². The summed E-state index contributed by atoms with van der Waals surface area (Å²) in [6, 6.07) is 5.34. The normalized spacial score (nSPS) is 14.5. The van der Waals surface area contributed by atoms with Gasteiger partial charge in [0.2, 0.25) is 0 Å². The molecule has 0 saturated carbocycles. The number of benzene rings is 1. The quantitative estimate of drug-likeness (QED) is 0.583. The molecule has 1 aromatic carbocycles. The van der Waals surface area contributed by atoms with Crippen molar-refractivity contribution < 1.29 is 5.11 Å². The lowest BCUT2D eigenvalue weighted by Gasteiger charge is -2.08. The predicted molar refractivity (Wildman–Crippen MR) is 45.0 cm³/mol. The first-order valence-corrected chi connectivity index (χ1v) is 3.55. The summed E-state index contributed by atoms with van der Waals surface area (Å²) in [6.07, 6.45) is 0. The number of fused-ring (bicyclic) bond motifs is 1. The van der Waals surface area contributed by atoms with Gasteiger partial charge in [-0.15, -0.1) is 0 Å². The lowest BCUT2D eigenvalue weighted by molar-refractivity contribution is 0.476. The van der Waals surface area contributed by atoms with Crippen LogP contribution in [0.1, 0.15) is 0 Å². The van der Waals surface area contributed by atoms with E-state index < -0.39 is 0 Å². The number of nitrogens with one attached hydrogen (secondary N) is 1. The fourth-order valence-electron chi connectivity index (χ4n) is 1.29. The summed E-state index contributed by atoms with van der Waals surface area (Å²) in [5.74, 6) is 0.312. The Balaban J connectivity index is 2.50. The van der Waals surface area contributed by atoms with Crippen LogP contribution in [0.5, 0.6) is 5.75 Å². The van der Waals surface area contributed by atoms with E-state index in [1.54, 1.807) is 12.1 Å². The summed E-state index contributed by atoms with van der Waals surface area (Å²) in [5, 5.41) is 12.3. The van der Waals surface area contributed by atoms with Crippen molar-refractivity contribution in [1.82, 2.24) is 0 Å². The van der Waals surface area contributed by atoms with E-state index in [-0.39, 0.29) is 0 Å². The second-order valence-corrected chi connectivity index (χ2v) is 2.73. The number of hydrogen-bond acceptors (Lipinski definition) is 3. The van der Waals surface area contributed by atoms with Gasteiger partial charge in [-0.1, -0.05) is 0 Å². The average Bonchev–Trinajstić information content (AvgIpc) is 2.32. The van der Waals surface area contributed by atoms with Crippen molar-refractivity contribution in [3.63, 3.8) is 0 Å². The van der Waals surface area contributed by atoms with E-state index in [1.807, 2.05) is 13.1 Å². The Hall–Kier alpha value is -1.38. The first-order chi connectivity index (χ1) is 5.27. The van der Waals surface area contributed by atoms with Crippen LogP contribution in [-0.4, -0.2) is 18.8 Å². The Kier molecular flexibility index (Phi) is 1.18. The molecule has 2 N–H and O–H groups in total. The summed E-state index contributed by atoms with van der Waals surface area (Å²) in [4.78, 5) is 2.09. The highest BCUT2D eigenvalue weighted by Crippen LogP contribution is 2.32. The van der Waals surface area contributed by atoms with Crippen molar-refractivity contribution in [3.05, 3.63) is 18.2 Å². The third-order valence-corrected chi connectivity index (χ3v) is 1.90. The van der Waals surface area contributed by atoms with Crippen LogP contribution in [0, 0.1) is 0 Å². The summed E-state index contributed by atoms with van der Waals surface area (Å²) < 4.78 is 0. The summed E-state index contributed by atoms with van der Waals surface area (Å²) in [5.41, 5.74) is 2.15. The fourth-order valence-corrected chi connectivity index (χ4v) is 1.29. The van der Waals surface area contributed by atoms with Gasteiger partial charge in [0.1, 0.15) is 5.75 Å². The molecule has 0 amide bonds. The molecule has 0 aromatic heterocycles. The highest BCUT2D eigenvalue weighted by Gasteiger charge is 2.13. The number of aromatic hydroxyl groups is 1. The first-order valence-electron chi connectivity index (χ1n) is 3.55. The SMILES string of the molecule is CN1CNc2cc(O)ccc21. The van der Waals surface area contributed by atoms with Gasteiger partial charge < -0.3 is 15.3 Å². The van der Waals surface area contributed by atoms with Gasteiger partial charge >= 0.3 is 0 Å². The number of anilines is 2. The Bertz CT molecular complexity index is 285. The Morgan fingerprint density at radius 1 is 1.55 bits per heavy atom. The number of phenols is 1. The molecule has 0 atom stereocenters. The lowest BCUT2D eigenvalue weighted by Crippen LogP contribution is -2.15. The van der Waals surface area contributed by atoms with Crippen LogP contribution in [0.2, 0.25) is 0 Å². The molecular formula is C8H10N2O. The molecule has 0 aliphatic carbocycles. The smallest absolute Gasteiger partial charge is 0.117 e. The van der Waals surface area contributed by atoms with E-state index in [0.29, 0.717) is 5.75 Å². The van der Waals surface area contributed by atoms with Gasteiger partial charge in [0.05, 0.1) is 18.0 Å². The van der Waals surface area contributed by atoms with Crippen molar-refractivity contribution in [2.24, 2.45) is 0 Å². The van der Waals surface area contributed by atoms with Crippen LogP contribution in [0.25, 0.3) is 0 Å². The molecule has 3 heteroatoms. The summed E-state index contributed by atoms with van der Waals surface area (Å²) >= 11 is 0. The molecule has 0 spiro atoms. The third kappa shape index (κ3) is 0.888. The zero-order valence-corrected chi connectivity index (χ0v) is 6.33. The van der Waals surface area contributed by atoms with Crippen LogP contribution in [0.15, 0.2) is 18.2 Å². The average molecular weight is 150 g/mol. The molecule has 3 nitrogen and oxygen atoms in total. The monoisotopic (exact) mass is 150 g/mol. The van der Waals surface area contributed by atoms with E-state index in [4.69, 9.17) is 5.11 Å². The van der Waals surface area contributed by atoms with Gasteiger partial charge in [-0.05, 0) is 12.1 Å². The van der Waals surface area contributed by atoms with Gasteiger partial charge in [-0.2, -0.15) is 0 Å². The van der Waals surface area contributed by atoms with Crippen molar-refractivity contribution in [2.45, 2.75) is 0 Å². The minimum Gasteiger partial charge on any atom is -0.508 e. The van der Waals surface area contributed by atoms with Crippen molar-refractivity contribution in [2.75, 3.05) is 23.9 Å². The first kappa shape index (κ1) is 6.34. The van der Waals surface area contributed by atoms with Crippen LogP contribution in [-0.2, 0) is 0 Å².